The molecule has 0 heterocycles. The third-order valence-corrected chi connectivity index (χ3v) is 6.25. The molecule has 100 valence electrons. The van der Waals surface area contributed by atoms with Gasteiger partial charge < -0.3 is 5.73 Å². The van der Waals surface area contributed by atoms with Crippen molar-refractivity contribution in [3.8, 4) is 0 Å². The summed E-state index contributed by atoms with van der Waals surface area (Å²) >= 11 is 0. The largest absolute Gasteiger partial charge is 0.330 e. The van der Waals surface area contributed by atoms with Gasteiger partial charge in [-0.1, -0.05) is 25.7 Å². The predicted molar refractivity (Wildman–Crippen MR) is 69.1 cm³/mol. The monoisotopic (exact) mass is 260 g/mol. The van der Waals surface area contributed by atoms with Crippen molar-refractivity contribution >= 4 is 10.0 Å². The van der Waals surface area contributed by atoms with E-state index in [2.05, 4.69) is 4.72 Å². The van der Waals surface area contributed by atoms with Crippen molar-refractivity contribution in [1.82, 2.24) is 4.72 Å². The second-order valence-corrected chi connectivity index (χ2v) is 7.45. The molecule has 2 rings (SSSR count). The molecule has 4 nitrogen and oxygen atoms in total. The number of nitrogens with two attached hydrogens (primary N) is 1. The Hall–Kier alpha value is -0.130. The van der Waals surface area contributed by atoms with E-state index in [1.165, 1.54) is 6.42 Å². The van der Waals surface area contributed by atoms with Crippen molar-refractivity contribution < 1.29 is 8.42 Å². The molecule has 2 unspecified atom stereocenters. The van der Waals surface area contributed by atoms with E-state index in [0.29, 0.717) is 12.5 Å². The molecule has 0 saturated heterocycles. The zero-order valence-corrected chi connectivity index (χ0v) is 11.2. The van der Waals surface area contributed by atoms with Gasteiger partial charge in [-0.3, -0.25) is 0 Å². The van der Waals surface area contributed by atoms with Crippen LogP contribution >= 0.6 is 0 Å². The third kappa shape index (κ3) is 3.20. The van der Waals surface area contributed by atoms with Crippen LogP contribution in [0.5, 0.6) is 0 Å². The van der Waals surface area contributed by atoms with Crippen LogP contribution < -0.4 is 10.5 Å². The molecule has 2 fully saturated rings. The van der Waals surface area contributed by atoms with Crippen molar-refractivity contribution in [2.75, 3.05) is 6.54 Å². The first kappa shape index (κ1) is 13.3. The second kappa shape index (κ2) is 5.67. The fourth-order valence-electron chi connectivity index (χ4n) is 3.16. The Kier molecular flexibility index (Phi) is 4.44. The van der Waals surface area contributed by atoms with E-state index in [1.54, 1.807) is 0 Å². The summed E-state index contributed by atoms with van der Waals surface area (Å²) in [7, 11) is -3.12. The number of nitrogens with one attached hydrogen (secondary N) is 1. The van der Waals surface area contributed by atoms with Crippen LogP contribution in [0.4, 0.5) is 0 Å². The molecule has 0 aromatic heterocycles. The summed E-state index contributed by atoms with van der Waals surface area (Å²) in [6.07, 6.45) is 8.06. The molecule has 0 aromatic carbocycles. The van der Waals surface area contributed by atoms with Crippen LogP contribution in [0.1, 0.15) is 51.4 Å². The van der Waals surface area contributed by atoms with E-state index < -0.39 is 10.0 Å². The van der Waals surface area contributed by atoms with Crippen molar-refractivity contribution in [3.05, 3.63) is 0 Å². The lowest BCUT2D eigenvalue weighted by molar-refractivity contribution is 0.434. The Balaban J connectivity index is 1.96. The average molecular weight is 260 g/mol. The summed E-state index contributed by atoms with van der Waals surface area (Å²) in [6, 6.07) is 0.0897. The Bertz CT molecular complexity index is 336. The molecule has 0 amide bonds. The van der Waals surface area contributed by atoms with Gasteiger partial charge in [-0.05, 0) is 38.1 Å². The van der Waals surface area contributed by atoms with Gasteiger partial charge in [0.15, 0.2) is 0 Å². The number of hydrogen-bond acceptors (Lipinski definition) is 3. The van der Waals surface area contributed by atoms with Crippen LogP contribution in [0.15, 0.2) is 0 Å². The molecule has 2 saturated carbocycles. The third-order valence-electron chi connectivity index (χ3n) is 4.27. The summed E-state index contributed by atoms with van der Waals surface area (Å²) in [5.74, 6) is 0.341. The van der Waals surface area contributed by atoms with E-state index in [0.717, 1.165) is 44.9 Å². The number of hydrogen-bond donors (Lipinski definition) is 2. The molecule has 3 N–H and O–H groups in total. The normalized spacial score (nSPS) is 31.8. The summed E-state index contributed by atoms with van der Waals surface area (Å²) in [5.41, 5.74) is 5.69. The minimum Gasteiger partial charge on any atom is -0.330 e. The van der Waals surface area contributed by atoms with Gasteiger partial charge >= 0.3 is 0 Å². The SMILES string of the molecule is NCC1CCCC1NS(=O)(=O)C1CCCCC1. The summed E-state index contributed by atoms with van der Waals surface area (Å²) in [4.78, 5) is 0. The van der Waals surface area contributed by atoms with E-state index in [9.17, 15) is 8.42 Å². The first-order valence-corrected chi connectivity index (χ1v) is 8.39. The van der Waals surface area contributed by atoms with E-state index >= 15 is 0 Å². The molecule has 2 atom stereocenters. The molecule has 0 bridgehead atoms. The first-order valence-electron chi connectivity index (χ1n) is 6.84. The molecule has 2 aliphatic rings. The molecule has 0 spiro atoms. The maximum atomic E-state index is 12.3. The zero-order valence-electron chi connectivity index (χ0n) is 10.4. The van der Waals surface area contributed by atoms with Gasteiger partial charge in [0.2, 0.25) is 10.0 Å². The molecule has 17 heavy (non-hydrogen) atoms. The topological polar surface area (TPSA) is 72.2 Å². The van der Waals surface area contributed by atoms with Gasteiger partial charge in [0.25, 0.3) is 0 Å². The maximum Gasteiger partial charge on any atom is 0.214 e. The molecule has 0 aromatic rings. The summed E-state index contributed by atoms with van der Waals surface area (Å²) < 4.78 is 27.4. The van der Waals surface area contributed by atoms with Crippen molar-refractivity contribution in [2.24, 2.45) is 11.7 Å². The van der Waals surface area contributed by atoms with E-state index in [1.807, 2.05) is 0 Å². The van der Waals surface area contributed by atoms with Gasteiger partial charge in [-0.25, -0.2) is 13.1 Å². The van der Waals surface area contributed by atoms with E-state index in [-0.39, 0.29) is 11.3 Å². The predicted octanol–water partition coefficient (Wildman–Crippen LogP) is 1.37. The Morgan fingerprint density at radius 1 is 1.00 bits per heavy atom. The lowest BCUT2D eigenvalue weighted by atomic mass is 10.0. The fourth-order valence-corrected chi connectivity index (χ4v) is 5.04. The minimum absolute atomic E-state index is 0.0897. The molecule has 2 aliphatic carbocycles. The van der Waals surface area contributed by atoms with Crippen molar-refractivity contribution in [1.29, 1.82) is 0 Å². The number of rotatable bonds is 4. The van der Waals surface area contributed by atoms with Crippen molar-refractivity contribution in [2.45, 2.75) is 62.7 Å². The highest BCUT2D eigenvalue weighted by Gasteiger charge is 2.34. The van der Waals surface area contributed by atoms with Crippen LogP contribution in [0, 0.1) is 5.92 Å². The smallest absolute Gasteiger partial charge is 0.214 e. The number of sulfonamides is 1. The lowest BCUT2D eigenvalue weighted by Crippen LogP contribution is -2.44. The Morgan fingerprint density at radius 3 is 2.35 bits per heavy atom. The highest BCUT2D eigenvalue weighted by molar-refractivity contribution is 7.90. The van der Waals surface area contributed by atoms with Crippen molar-refractivity contribution in [3.63, 3.8) is 0 Å². The van der Waals surface area contributed by atoms with Gasteiger partial charge in [-0.15, -0.1) is 0 Å². The van der Waals surface area contributed by atoms with Crippen LogP contribution in [0.3, 0.4) is 0 Å². The molecule has 0 radical (unpaired) electrons. The minimum atomic E-state index is -3.12. The fraction of sp³-hybridized carbons (Fsp3) is 1.00. The summed E-state index contributed by atoms with van der Waals surface area (Å²) in [5, 5.41) is -0.157. The second-order valence-electron chi connectivity index (χ2n) is 5.46. The van der Waals surface area contributed by atoms with Crippen LogP contribution in [0.25, 0.3) is 0 Å². The quantitative estimate of drug-likeness (QED) is 0.802. The molecular formula is C12H24N2O2S. The molecule has 0 aliphatic heterocycles. The van der Waals surface area contributed by atoms with E-state index in [4.69, 9.17) is 5.73 Å². The van der Waals surface area contributed by atoms with Gasteiger partial charge in [0, 0.05) is 6.04 Å². The highest BCUT2D eigenvalue weighted by Crippen LogP contribution is 2.28. The molecular weight excluding hydrogens is 236 g/mol. The van der Waals surface area contributed by atoms with Gasteiger partial charge in [0.1, 0.15) is 0 Å². The maximum absolute atomic E-state index is 12.3. The Morgan fingerprint density at radius 2 is 1.71 bits per heavy atom. The van der Waals surface area contributed by atoms with Crippen LogP contribution in [-0.4, -0.2) is 26.3 Å². The first-order chi connectivity index (χ1) is 8.13. The Labute approximate surface area is 104 Å². The van der Waals surface area contributed by atoms with Crippen LogP contribution in [-0.2, 0) is 10.0 Å². The van der Waals surface area contributed by atoms with Crippen LogP contribution in [0.2, 0.25) is 0 Å². The summed E-state index contributed by atoms with van der Waals surface area (Å²) in [6.45, 7) is 0.595. The molecule has 5 heteroatoms. The van der Waals surface area contributed by atoms with Gasteiger partial charge in [0.05, 0.1) is 5.25 Å². The van der Waals surface area contributed by atoms with Gasteiger partial charge in [-0.2, -0.15) is 0 Å². The standard InChI is InChI=1S/C12H24N2O2S/c13-9-10-5-4-8-12(10)14-17(15,16)11-6-2-1-3-7-11/h10-12,14H,1-9,13H2. The average Bonchev–Trinajstić information content (AvgIpc) is 2.77. The lowest BCUT2D eigenvalue weighted by Gasteiger charge is -2.26. The highest BCUT2D eigenvalue weighted by atomic mass is 32.2. The zero-order chi connectivity index (χ0) is 12.3.